The quantitative estimate of drug-likeness (QED) is 0.131. The van der Waals surface area contributed by atoms with Gasteiger partial charge in [-0.05, 0) is 51.7 Å². The van der Waals surface area contributed by atoms with Crippen LogP contribution in [0, 0.1) is 5.92 Å². The molecule has 1 aliphatic heterocycles. The Kier molecular flexibility index (Phi) is 16.5. The first kappa shape index (κ1) is 37.8. The number of rotatable bonds is 9. The van der Waals surface area contributed by atoms with Crippen LogP contribution in [0.5, 0.6) is 0 Å². The second-order valence-corrected chi connectivity index (χ2v) is 12.8. The molecule has 2 bridgehead atoms. The minimum Gasteiger partial charge on any atom is -0.456 e. The maximum atomic E-state index is 13.8. The number of fused-ring (bicyclic) bond motifs is 2. The van der Waals surface area contributed by atoms with Crippen molar-refractivity contribution in [2.24, 2.45) is 5.92 Å². The summed E-state index contributed by atoms with van der Waals surface area (Å²) in [5.74, 6) is -1.71. The van der Waals surface area contributed by atoms with E-state index in [4.69, 9.17) is 4.74 Å². The molecule has 9 heteroatoms. The number of carbonyl (C=O) groups is 1. The van der Waals surface area contributed by atoms with Crippen LogP contribution in [0.1, 0.15) is 103 Å². The van der Waals surface area contributed by atoms with Crippen LogP contribution in [0.2, 0.25) is 0 Å². The first-order valence-corrected chi connectivity index (χ1v) is 16.7. The monoisotopic (exact) mass is 631 g/mol. The van der Waals surface area contributed by atoms with E-state index in [1.54, 1.807) is 44.2 Å². The Hall–Kier alpha value is -2.40. The Labute approximate surface area is 267 Å². The van der Waals surface area contributed by atoms with E-state index in [2.05, 4.69) is 11.9 Å². The summed E-state index contributed by atoms with van der Waals surface area (Å²) in [6, 6.07) is 0. The fourth-order valence-corrected chi connectivity index (χ4v) is 5.97. The van der Waals surface area contributed by atoms with Crippen LogP contribution in [0.25, 0.3) is 6.08 Å². The minimum absolute atomic E-state index is 0.0473. The summed E-state index contributed by atoms with van der Waals surface area (Å²) in [5.41, 5.74) is 2.54. The molecule has 0 radical (unpaired) electrons. The fourth-order valence-electron chi connectivity index (χ4n) is 5.08. The van der Waals surface area contributed by atoms with Gasteiger partial charge in [-0.3, -0.25) is 0 Å². The molecule has 1 aliphatic rings. The van der Waals surface area contributed by atoms with Gasteiger partial charge >= 0.3 is 5.97 Å². The fraction of sp³-hybridized carbons (Fsp3) is 0.600. The van der Waals surface area contributed by atoms with Crippen LogP contribution < -0.4 is 0 Å². The van der Waals surface area contributed by atoms with Crippen molar-refractivity contribution in [1.29, 1.82) is 0 Å². The molecule has 8 atom stereocenters. The number of aromatic nitrogens is 1. The molecule has 0 aliphatic carbocycles. The third-order valence-corrected chi connectivity index (χ3v) is 9.26. The molecule has 0 spiro atoms. The van der Waals surface area contributed by atoms with Gasteiger partial charge in [-0.25, -0.2) is 9.78 Å². The summed E-state index contributed by atoms with van der Waals surface area (Å²) in [6.07, 6.45) is 9.51. The molecule has 5 N–H and O–H groups in total. The highest BCUT2D eigenvalue weighted by Crippen LogP contribution is 2.29. The average Bonchev–Trinajstić information content (AvgIpc) is 3.47. The van der Waals surface area contributed by atoms with Gasteiger partial charge in [0, 0.05) is 29.2 Å². The van der Waals surface area contributed by atoms with Gasteiger partial charge in [-0.15, -0.1) is 11.3 Å². The number of unbranched alkanes of at least 4 members (excludes halogenated alkanes) is 3. The molecule has 246 valence electrons. The van der Waals surface area contributed by atoms with Crippen molar-refractivity contribution in [3.05, 3.63) is 69.3 Å². The van der Waals surface area contributed by atoms with Crippen LogP contribution in [-0.2, 0) is 9.53 Å². The SMILES string of the molecule is C/C=C(C)/C=C(\C)C(O)C(C)C1OC(=O)/C(CCCCCC)=C/c2csc(n2)C(C)C(O)CC(O)/C=C/C=C/CC(O)C1O. The largest absolute Gasteiger partial charge is 0.456 e. The molecule has 8 nitrogen and oxygen atoms in total. The van der Waals surface area contributed by atoms with E-state index in [0.29, 0.717) is 28.3 Å². The van der Waals surface area contributed by atoms with Crippen molar-refractivity contribution in [3.63, 3.8) is 0 Å². The Morgan fingerprint density at radius 3 is 2.55 bits per heavy atom. The number of nitrogens with zero attached hydrogens (tertiary/aromatic N) is 1. The lowest BCUT2D eigenvalue weighted by Crippen LogP contribution is -2.47. The number of hydrogen-bond acceptors (Lipinski definition) is 9. The van der Waals surface area contributed by atoms with Crippen molar-refractivity contribution in [3.8, 4) is 0 Å². The molecule has 44 heavy (non-hydrogen) atoms. The topological polar surface area (TPSA) is 140 Å². The van der Waals surface area contributed by atoms with Gasteiger partial charge < -0.3 is 30.3 Å². The smallest absolute Gasteiger partial charge is 0.334 e. The number of allylic oxidation sites excluding steroid dienone is 5. The van der Waals surface area contributed by atoms with E-state index in [1.165, 1.54) is 11.3 Å². The second kappa shape index (κ2) is 19.2. The Morgan fingerprint density at radius 1 is 1.14 bits per heavy atom. The number of hydrogen-bond donors (Lipinski definition) is 5. The molecule has 0 amide bonds. The van der Waals surface area contributed by atoms with E-state index in [9.17, 15) is 30.3 Å². The van der Waals surface area contributed by atoms with E-state index >= 15 is 0 Å². The predicted octanol–water partition coefficient (Wildman–Crippen LogP) is 5.77. The molecule has 2 heterocycles. The molecule has 1 aromatic rings. The van der Waals surface area contributed by atoms with Gasteiger partial charge in [0.2, 0.25) is 0 Å². The van der Waals surface area contributed by atoms with Gasteiger partial charge in [0.05, 0.1) is 35.1 Å². The van der Waals surface area contributed by atoms with Crippen molar-refractivity contribution in [2.45, 2.75) is 129 Å². The van der Waals surface area contributed by atoms with Gasteiger partial charge in [0.25, 0.3) is 0 Å². The summed E-state index contributed by atoms with van der Waals surface area (Å²) in [7, 11) is 0. The first-order valence-electron chi connectivity index (χ1n) is 15.8. The van der Waals surface area contributed by atoms with E-state index in [1.807, 2.05) is 38.3 Å². The molecule has 0 aromatic carbocycles. The van der Waals surface area contributed by atoms with Gasteiger partial charge in [0.1, 0.15) is 12.2 Å². The van der Waals surface area contributed by atoms with Crippen LogP contribution in [0.15, 0.2) is 58.6 Å². The second-order valence-electron chi connectivity index (χ2n) is 12.0. The van der Waals surface area contributed by atoms with Gasteiger partial charge in [-0.2, -0.15) is 0 Å². The van der Waals surface area contributed by atoms with E-state index < -0.39 is 48.5 Å². The molecular weight excluding hydrogens is 578 g/mol. The van der Waals surface area contributed by atoms with Crippen molar-refractivity contribution in [1.82, 2.24) is 4.98 Å². The molecule has 0 saturated heterocycles. The Morgan fingerprint density at radius 2 is 1.86 bits per heavy atom. The van der Waals surface area contributed by atoms with Crippen molar-refractivity contribution in [2.75, 3.05) is 0 Å². The lowest BCUT2D eigenvalue weighted by molar-refractivity contribution is -0.164. The van der Waals surface area contributed by atoms with Crippen LogP contribution in [0.3, 0.4) is 0 Å². The third-order valence-electron chi connectivity index (χ3n) is 8.20. The number of aliphatic hydroxyl groups excluding tert-OH is 5. The van der Waals surface area contributed by atoms with Crippen molar-refractivity contribution < 1.29 is 35.1 Å². The summed E-state index contributed by atoms with van der Waals surface area (Å²) >= 11 is 1.37. The summed E-state index contributed by atoms with van der Waals surface area (Å²) < 4.78 is 5.98. The molecule has 8 unspecified atom stereocenters. The summed E-state index contributed by atoms with van der Waals surface area (Å²) in [4.78, 5) is 18.4. The standard InChI is InChI=1S/C35H53NO7S/c1-7-9-10-12-15-26-19-27-21-44-34(36-27)24(5)30(39)20-28(37)16-13-11-14-17-29(38)32(41)33(43-35(26)42)25(6)31(40)23(4)18-22(3)8-2/h8,11,13-14,16,18-19,21,24-25,28-33,37-41H,7,9-10,12,15,17,20H2,1-6H3/b14-11+,16-13+,22-8+,23-18+,26-19+. The zero-order valence-corrected chi connectivity index (χ0v) is 27.9. The number of ether oxygens (including phenoxy) is 1. The van der Waals surface area contributed by atoms with Crippen LogP contribution in [-0.4, -0.2) is 73.1 Å². The van der Waals surface area contributed by atoms with E-state index in [0.717, 1.165) is 31.3 Å². The summed E-state index contributed by atoms with van der Waals surface area (Å²) in [5, 5.41) is 57.1. The van der Waals surface area contributed by atoms with Crippen LogP contribution in [0.4, 0.5) is 0 Å². The third kappa shape index (κ3) is 11.8. The first-order chi connectivity index (χ1) is 20.9. The Bertz CT molecular complexity index is 1180. The molecule has 1 aromatic heterocycles. The lowest BCUT2D eigenvalue weighted by atomic mass is 9.87. The lowest BCUT2D eigenvalue weighted by Gasteiger charge is -2.34. The van der Waals surface area contributed by atoms with Crippen LogP contribution >= 0.6 is 11.3 Å². The zero-order valence-electron chi connectivity index (χ0n) is 27.1. The Balaban J connectivity index is 2.55. The summed E-state index contributed by atoms with van der Waals surface area (Å²) in [6.45, 7) is 11.3. The number of aliphatic hydroxyl groups is 5. The molecule has 0 fully saturated rings. The average molecular weight is 632 g/mol. The zero-order chi connectivity index (χ0) is 32.8. The maximum Gasteiger partial charge on any atom is 0.334 e. The normalized spacial score (nSPS) is 30.6. The maximum absolute atomic E-state index is 13.8. The van der Waals surface area contributed by atoms with Crippen molar-refractivity contribution >= 4 is 23.4 Å². The number of carbonyl (C=O) groups excluding carboxylic acids is 1. The molecule has 2 rings (SSSR count). The predicted molar refractivity (Wildman–Crippen MR) is 177 cm³/mol. The number of thiazole rings is 1. The number of esters is 1. The number of cyclic esters (lactones) is 1. The van der Waals surface area contributed by atoms with E-state index in [-0.39, 0.29) is 18.8 Å². The highest BCUT2D eigenvalue weighted by Gasteiger charge is 2.38. The minimum atomic E-state index is -1.48. The van der Waals surface area contributed by atoms with Gasteiger partial charge in [0.15, 0.2) is 0 Å². The highest BCUT2D eigenvalue weighted by molar-refractivity contribution is 7.09. The highest BCUT2D eigenvalue weighted by atomic mass is 32.1. The molecule has 0 saturated carbocycles. The molecular formula is C35H53NO7S. The van der Waals surface area contributed by atoms with Gasteiger partial charge in [-0.1, -0.05) is 82.1 Å².